The SMILES string of the molecule is CCCCCCCCCCCCCCCCC(=O)OC[C@H](O)COC(=O)CCCCCCCCCCCCCCCCC(C)CC. The van der Waals surface area contributed by atoms with Crippen molar-refractivity contribution in [1.82, 2.24) is 0 Å². The fourth-order valence-corrected chi connectivity index (χ4v) is 6.12. The van der Waals surface area contributed by atoms with Gasteiger partial charge in [0.25, 0.3) is 0 Å². The number of carbonyl (C=O) groups excluding carboxylic acids is 2. The minimum atomic E-state index is -0.955. The van der Waals surface area contributed by atoms with Crippen LogP contribution in [0.3, 0.4) is 0 Å². The minimum Gasteiger partial charge on any atom is -0.463 e. The number of hydrogen-bond donors (Lipinski definition) is 1. The molecule has 0 aliphatic heterocycles. The molecule has 0 rings (SSSR count). The van der Waals surface area contributed by atoms with Gasteiger partial charge in [0.1, 0.15) is 19.3 Å². The standard InChI is InChI=1S/C41H80O5/c1-4-6-7-8-9-10-11-12-16-19-22-25-28-31-34-40(43)45-36-39(42)37-46-41(44)35-32-29-26-23-20-17-14-13-15-18-21-24-27-30-33-38(3)5-2/h38-39,42H,4-37H2,1-3H3/t38?,39-/m0/s1. The lowest BCUT2D eigenvalue weighted by molar-refractivity contribution is -0.152. The molecule has 0 aliphatic rings. The molecule has 0 aliphatic carbocycles. The van der Waals surface area contributed by atoms with Crippen molar-refractivity contribution >= 4 is 11.9 Å². The van der Waals surface area contributed by atoms with Gasteiger partial charge in [0, 0.05) is 12.8 Å². The first-order valence-electron chi connectivity index (χ1n) is 20.5. The second-order valence-corrected chi connectivity index (χ2v) is 14.4. The predicted molar refractivity (Wildman–Crippen MR) is 196 cm³/mol. The van der Waals surface area contributed by atoms with Gasteiger partial charge in [0.2, 0.25) is 0 Å². The Balaban J connectivity index is 3.38. The Kier molecular flexibility index (Phi) is 35.9. The lowest BCUT2D eigenvalue weighted by Gasteiger charge is -2.12. The molecular weight excluding hydrogens is 572 g/mol. The molecule has 0 aromatic rings. The third kappa shape index (κ3) is 35.7. The Hall–Kier alpha value is -1.10. The zero-order chi connectivity index (χ0) is 33.8. The molecule has 1 unspecified atom stereocenters. The monoisotopic (exact) mass is 653 g/mol. The molecule has 5 nitrogen and oxygen atoms in total. The van der Waals surface area contributed by atoms with E-state index in [1.54, 1.807) is 0 Å². The smallest absolute Gasteiger partial charge is 0.305 e. The van der Waals surface area contributed by atoms with Crippen LogP contribution in [-0.2, 0) is 19.1 Å². The number of aliphatic hydroxyl groups excluding tert-OH is 1. The van der Waals surface area contributed by atoms with Gasteiger partial charge >= 0.3 is 11.9 Å². The summed E-state index contributed by atoms with van der Waals surface area (Å²) in [7, 11) is 0. The van der Waals surface area contributed by atoms with Crippen molar-refractivity contribution in [2.24, 2.45) is 5.92 Å². The van der Waals surface area contributed by atoms with Gasteiger partial charge in [-0.1, -0.05) is 201 Å². The third-order valence-corrected chi connectivity index (χ3v) is 9.63. The zero-order valence-corrected chi connectivity index (χ0v) is 31.3. The van der Waals surface area contributed by atoms with E-state index in [2.05, 4.69) is 20.8 Å². The van der Waals surface area contributed by atoms with Crippen molar-refractivity contribution in [1.29, 1.82) is 0 Å². The van der Waals surface area contributed by atoms with Crippen molar-refractivity contribution in [3.8, 4) is 0 Å². The van der Waals surface area contributed by atoms with Crippen LogP contribution in [0.1, 0.15) is 226 Å². The van der Waals surface area contributed by atoms with Crippen molar-refractivity contribution in [2.45, 2.75) is 232 Å². The van der Waals surface area contributed by atoms with Crippen LogP contribution in [0.15, 0.2) is 0 Å². The summed E-state index contributed by atoms with van der Waals surface area (Å²) in [6, 6.07) is 0. The molecule has 0 bridgehead atoms. The molecular formula is C41H80O5. The van der Waals surface area contributed by atoms with Crippen LogP contribution in [-0.4, -0.2) is 36.4 Å². The van der Waals surface area contributed by atoms with Gasteiger partial charge in [-0.15, -0.1) is 0 Å². The maximum Gasteiger partial charge on any atom is 0.305 e. The predicted octanol–water partition coefficient (Wildman–Crippen LogP) is 12.6. The van der Waals surface area contributed by atoms with Gasteiger partial charge in [-0.3, -0.25) is 9.59 Å². The van der Waals surface area contributed by atoms with Crippen LogP contribution in [0.2, 0.25) is 0 Å². The fraction of sp³-hybridized carbons (Fsp3) is 0.951. The molecule has 0 fully saturated rings. The van der Waals surface area contributed by atoms with E-state index in [1.165, 1.54) is 167 Å². The molecule has 0 saturated heterocycles. The van der Waals surface area contributed by atoms with E-state index in [0.29, 0.717) is 12.8 Å². The van der Waals surface area contributed by atoms with Crippen LogP contribution in [0, 0.1) is 5.92 Å². The average molecular weight is 653 g/mol. The van der Waals surface area contributed by atoms with E-state index in [9.17, 15) is 14.7 Å². The van der Waals surface area contributed by atoms with Gasteiger partial charge in [-0.05, 0) is 18.8 Å². The van der Waals surface area contributed by atoms with E-state index in [0.717, 1.165) is 31.6 Å². The minimum absolute atomic E-state index is 0.108. The lowest BCUT2D eigenvalue weighted by Crippen LogP contribution is -2.25. The van der Waals surface area contributed by atoms with Gasteiger partial charge in [0.05, 0.1) is 0 Å². The highest BCUT2D eigenvalue weighted by Crippen LogP contribution is 2.17. The van der Waals surface area contributed by atoms with Crippen LogP contribution in [0.25, 0.3) is 0 Å². The van der Waals surface area contributed by atoms with Gasteiger partial charge in [0.15, 0.2) is 0 Å². The zero-order valence-electron chi connectivity index (χ0n) is 31.3. The summed E-state index contributed by atoms with van der Waals surface area (Å²) in [5.74, 6) is 0.353. The summed E-state index contributed by atoms with van der Waals surface area (Å²) in [5, 5.41) is 10.0. The van der Waals surface area contributed by atoms with Crippen molar-refractivity contribution in [2.75, 3.05) is 13.2 Å². The molecule has 0 aromatic heterocycles. The first-order valence-corrected chi connectivity index (χ1v) is 20.5. The Labute approximate surface area is 287 Å². The first kappa shape index (κ1) is 44.9. The molecule has 46 heavy (non-hydrogen) atoms. The number of ether oxygens (including phenoxy) is 2. The van der Waals surface area contributed by atoms with E-state index in [-0.39, 0.29) is 25.2 Å². The quantitative estimate of drug-likeness (QED) is 0.0534. The maximum absolute atomic E-state index is 12.0. The number of unbranched alkanes of at least 4 members (excludes halogenated alkanes) is 26. The van der Waals surface area contributed by atoms with Crippen LogP contribution < -0.4 is 0 Å². The average Bonchev–Trinajstić information content (AvgIpc) is 3.06. The van der Waals surface area contributed by atoms with Gasteiger partial charge < -0.3 is 14.6 Å². The highest BCUT2D eigenvalue weighted by molar-refractivity contribution is 5.69. The summed E-state index contributed by atoms with van der Waals surface area (Å²) in [5.41, 5.74) is 0. The fourth-order valence-electron chi connectivity index (χ4n) is 6.12. The number of aliphatic hydroxyl groups is 1. The number of rotatable bonds is 37. The summed E-state index contributed by atoms with van der Waals surface area (Å²) in [6.45, 7) is 6.72. The molecule has 5 heteroatoms. The molecule has 0 spiro atoms. The summed E-state index contributed by atoms with van der Waals surface area (Å²) in [6.07, 6.45) is 38.6. The largest absolute Gasteiger partial charge is 0.463 e. The maximum atomic E-state index is 12.0. The second-order valence-electron chi connectivity index (χ2n) is 14.4. The Morgan fingerprint density at radius 2 is 0.739 bits per heavy atom. The van der Waals surface area contributed by atoms with E-state index in [4.69, 9.17) is 9.47 Å². The van der Waals surface area contributed by atoms with Crippen molar-refractivity contribution in [3.05, 3.63) is 0 Å². The highest BCUT2D eigenvalue weighted by Gasteiger charge is 2.12. The Morgan fingerprint density at radius 1 is 0.457 bits per heavy atom. The number of carbonyl (C=O) groups is 2. The molecule has 0 aromatic carbocycles. The summed E-state index contributed by atoms with van der Waals surface area (Å²) >= 11 is 0. The molecule has 1 N–H and O–H groups in total. The molecule has 0 saturated carbocycles. The summed E-state index contributed by atoms with van der Waals surface area (Å²) in [4.78, 5) is 23.9. The highest BCUT2D eigenvalue weighted by atomic mass is 16.6. The lowest BCUT2D eigenvalue weighted by atomic mass is 9.99. The van der Waals surface area contributed by atoms with E-state index < -0.39 is 6.10 Å². The molecule has 274 valence electrons. The van der Waals surface area contributed by atoms with Gasteiger partial charge in [-0.25, -0.2) is 0 Å². The second kappa shape index (κ2) is 36.7. The molecule has 0 radical (unpaired) electrons. The normalized spacial score (nSPS) is 12.7. The van der Waals surface area contributed by atoms with E-state index in [1.807, 2.05) is 0 Å². The molecule has 0 amide bonds. The van der Waals surface area contributed by atoms with Crippen LogP contribution in [0.5, 0.6) is 0 Å². The first-order chi connectivity index (χ1) is 22.5. The molecule has 0 heterocycles. The number of hydrogen-bond acceptors (Lipinski definition) is 5. The van der Waals surface area contributed by atoms with Crippen LogP contribution in [0.4, 0.5) is 0 Å². The molecule has 2 atom stereocenters. The summed E-state index contributed by atoms with van der Waals surface area (Å²) < 4.78 is 10.3. The van der Waals surface area contributed by atoms with E-state index >= 15 is 0 Å². The topological polar surface area (TPSA) is 72.8 Å². The third-order valence-electron chi connectivity index (χ3n) is 9.63. The van der Waals surface area contributed by atoms with Crippen molar-refractivity contribution in [3.63, 3.8) is 0 Å². The Bertz CT molecular complexity index is 636. The van der Waals surface area contributed by atoms with Gasteiger partial charge in [-0.2, -0.15) is 0 Å². The number of esters is 2. The van der Waals surface area contributed by atoms with Crippen LogP contribution >= 0.6 is 0 Å². The Morgan fingerprint density at radius 3 is 1.04 bits per heavy atom. The van der Waals surface area contributed by atoms with Crippen molar-refractivity contribution < 1.29 is 24.2 Å².